The highest BCUT2D eigenvalue weighted by atomic mass is 32.1. The molecule has 0 aromatic rings. The molecule has 13 heavy (non-hydrogen) atoms. The molecule has 2 nitrogen and oxygen atoms in total. The third-order valence-corrected chi connectivity index (χ3v) is 2.27. The summed E-state index contributed by atoms with van der Waals surface area (Å²) in [5.74, 6) is 0. The Labute approximate surface area is 86.8 Å². The molecule has 0 saturated heterocycles. The van der Waals surface area contributed by atoms with Crippen LogP contribution in [0.2, 0.25) is 0 Å². The van der Waals surface area contributed by atoms with Crippen molar-refractivity contribution in [2.24, 2.45) is 5.73 Å². The Balaban J connectivity index is 4.06. The Morgan fingerprint density at radius 3 is 2.31 bits per heavy atom. The number of thiocarbonyl (C=S) groups is 1. The van der Waals surface area contributed by atoms with Gasteiger partial charge in [-0.3, -0.25) is 0 Å². The number of unbranched alkanes of at least 4 members (excludes halogenated alkanes) is 1. The van der Waals surface area contributed by atoms with E-state index in [1.165, 1.54) is 12.8 Å². The van der Waals surface area contributed by atoms with Gasteiger partial charge in [-0.15, -0.1) is 0 Å². The topological polar surface area (TPSA) is 35.2 Å². The van der Waals surface area contributed by atoms with Gasteiger partial charge in [0.2, 0.25) is 0 Å². The number of nitrogens with two attached hydrogens (primary N) is 1. The van der Waals surface area contributed by atoms with E-state index in [-0.39, 0.29) is 10.8 Å². The van der Waals surface area contributed by atoms with Crippen LogP contribution in [0.4, 0.5) is 0 Å². The van der Waals surface area contributed by atoms with Crippen molar-refractivity contribution in [3.05, 3.63) is 0 Å². The molecule has 0 unspecified atom stereocenters. The first-order chi connectivity index (χ1) is 6.04. The molecule has 0 aromatic carbocycles. The molecule has 0 fully saturated rings. The van der Waals surface area contributed by atoms with Crippen LogP contribution in [0.1, 0.15) is 52.9 Å². The first-order valence-corrected chi connectivity index (χ1v) is 5.43. The third-order valence-electron chi connectivity index (χ3n) is 2.18. The molecule has 2 N–H and O–H groups in total. The van der Waals surface area contributed by atoms with E-state index in [1.54, 1.807) is 0 Å². The van der Waals surface area contributed by atoms with Gasteiger partial charge in [0.15, 0.2) is 0 Å². The molecule has 0 radical (unpaired) electrons. The number of rotatable bonds is 6. The van der Waals surface area contributed by atoms with Gasteiger partial charge in [-0.05, 0) is 38.4 Å². The number of hydrogen-bond donors (Lipinski definition) is 1. The second-order valence-corrected chi connectivity index (χ2v) is 4.13. The van der Waals surface area contributed by atoms with Crippen LogP contribution in [0.5, 0.6) is 0 Å². The van der Waals surface area contributed by atoms with Crippen molar-refractivity contribution >= 4 is 17.4 Å². The van der Waals surface area contributed by atoms with Gasteiger partial charge in [0.05, 0.1) is 0 Å². The van der Waals surface area contributed by atoms with Crippen LogP contribution in [-0.2, 0) is 4.74 Å². The van der Waals surface area contributed by atoms with Crippen molar-refractivity contribution in [1.82, 2.24) is 0 Å². The van der Waals surface area contributed by atoms with Gasteiger partial charge >= 0.3 is 0 Å². The Bertz CT molecular complexity index is 161. The lowest BCUT2D eigenvalue weighted by Crippen LogP contribution is -2.33. The minimum atomic E-state index is -0.142. The van der Waals surface area contributed by atoms with E-state index in [9.17, 15) is 0 Å². The molecule has 0 heterocycles. The van der Waals surface area contributed by atoms with Gasteiger partial charge in [0.1, 0.15) is 5.60 Å². The summed E-state index contributed by atoms with van der Waals surface area (Å²) < 4.78 is 5.49. The Morgan fingerprint density at radius 1 is 1.31 bits per heavy atom. The monoisotopic (exact) mass is 203 g/mol. The average molecular weight is 203 g/mol. The van der Waals surface area contributed by atoms with Gasteiger partial charge in [-0.25, -0.2) is 0 Å². The standard InChI is InChI=1S/C10H21NOS/c1-4-6-8-10(3,7-5-2)12-9(11)13/h4-8H2,1-3H3,(H2,11,13)/t10-/m0/s1. The molecule has 0 aliphatic heterocycles. The predicted octanol–water partition coefficient (Wildman–Crippen LogP) is 3.00. The molecule has 0 bridgehead atoms. The first-order valence-electron chi connectivity index (χ1n) is 5.02. The molecule has 0 rings (SSSR count). The van der Waals surface area contributed by atoms with E-state index in [2.05, 4.69) is 20.8 Å². The zero-order chi connectivity index (χ0) is 10.3. The van der Waals surface area contributed by atoms with E-state index >= 15 is 0 Å². The van der Waals surface area contributed by atoms with Crippen LogP contribution >= 0.6 is 12.2 Å². The SMILES string of the molecule is CCCC[C@](C)(CCC)OC(N)=S. The van der Waals surface area contributed by atoms with Crippen LogP contribution < -0.4 is 5.73 Å². The fourth-order valence-electron chi connectivity index (χ4n) is 1.55. The maximum Gasteiger partial charge on any atom is 0.254 e. The number of ether oxygens (including phenoxy) is 1. The van der Waals surface area contributed by atoms with Gasteiger partial charge < -0.3 is 10.5 Å². The largest absolute Gasteiger partial charge is 0.465 e. The van der Waals surface area contributed by atoms with Crippen LogP contribution in [0, 0.1) is 0 Å². The third kappa shape index (κ3) is 5.86. The van der Waals surface area contributed by atoms with E-state index in [4.69, 9.17) is 22.7 Å². The smallest absolute Gasteiger partial charge is 0.254 e. The van der Waals surface area contributed by atoms with Crippen LogP contribution in [0.15, 0.2) is 0 Å². The summed E-state index contributed by atoms with van der Waals surface area (Å²) in [5.41, 5.74) is 5.25. The molecular formula is C10H21NOS. The molecule has 0 saturated carbocycles. The Hall–Kier alpha value is -0.310. The summed E-state index contributed by atoms with van der Waals surface area (Å²) in [6, 6.07) is 0. The zero-order valence-electron chi connectivity index (χ0n) is 8.93. The van der Waals surface area contributed by atoms with Crippen LogP contribution in [-0.4, -0.2) is 10.8 Å². The maximum atomic E-state index is 5.49. The van der Waals surface area contributed by atoms with Crippen molar-refractivity contribution in [3.63, 3.8) is 0 Å². The van der Waals surface area contributed by atoms with Gasteiger partial charge in [-0.2, -0.15) is 0 Å². The molecule has 0 aromatic heterocycles. The van der Waals surface area contributed by atoms with Crippen molar-refractivity contribution in [1.29, 1.82) is 0 Å². The lowest BCUT2D eigenvalue weighted by Gasteiger charge is -2.29. The van der Waals surface area contributed by atoms with E-state index in [0.29, 0.717) is 0 Å². The van der Waals surface area contributed by atoms with E-state index < -0.39 is 0 Å². The number of hydrogen-bond acceptors (Lipinski definition) is 2. The lowest BCUT2D eigenvalue weighted by molar-refractivity contribution is 0.0556. The molecule has 3 heteroatoms. The van der Waals surface area contributed by atoms with E-state index in [1.807, 2.05) is 0 Å². The predicted molar refractivity (Wildman–Crippen MR) is 60.7 cm³/mol. The lowest BCUT2D eigenvalue weighted by atomic mass is 9.94. The van der Waals surface area contributed by atoms with Crippen molar-refractivity contribution in [3.8, 4) is 0 Å². The minimum absolute atomic E-state index is 0.142. The molecule has 0 amide bonds. The van der Waals surface area contributed by atoms with Crippen molar-refractivity contribution in [2.45, 2.75) is 58.5 Å². The highest BCUT2D eigenvalue weighted by Gasteiger charge is 2.24. The van der Waals surface area contributed by atoms with Crippen molar-refractivity contribution < 1.29 is 4.74 Å². The highest BCUT2D eigenvalue weighted by molar-refractivity contribution is 7.80. The molecule has 0 aliphatic rings. The molecule has 0 aliphatic carbocycles. The molecular weight excluding hydrogens is 182 g/mol. The van der Waals surface area contributed by atoms with Crippen LogP contribution in [0.3, 0.4) is 0 Å². The van der Waals surface area contributed by atoms with E-state index in [0.717, 1.165) is 19.3 Å². The summed E-state index contributed by atoms with van der Waals surface area (Å²) in [6.07, 6.45) is 5.50. The maximum absolute atomic E-state index is 5.49. The van der Waals surface area contributed by atoms with Crippen molar-refractivity contribution in [2.75, 3.05) is 0 Å². The fraction of sp³-hybridized carbons (Fsp3) is 0.900. The molecule has 0 spiro atoms. The Kier molecular flexibility index (Phi) is 6.04. The second kappa shape index (κ2) is 6.19. The first kappa shape index (κ1) is 12.7. The average Bonchev–Trinajstić information content (AvgIpc) is 2.00. The quantitative estimate of drug-likeness (QED) is 0.674. The zero-order valence-corrected chi connectivity index (χ0v) is 9.75. The normalized spacial score (nSPS) is 15.0. The van der Waals surface area contributed by atoms with Gasteiger partial charge in [0.25, 0.3) is 5.17 Å². The fourth-order valence-corrected chi connectivity index (χ4v) is 1.75. The molecule has 78 valence electrons. The van der Waals surface area contributed by atoms with Gasteiger partial charge in [-0.1, -0.05) is 26.7 Å². The van der Waals surface area contributed by atoms with Gasteiger partial charge in [0, 0.05) is 0 Å². The second-order valence-electron chi connectivity index (χ2n) is 3.72. The summed E-state index contributed by atoms with van der Waals surface area (Å²) in [7, 11) is 0. The summed E-state index contributed by atoms with van der Waals surface area (Å²) in [6.45, 7) is 6.41. The summed E-state index contributed by atoms with van der Waals surface area (Å²) >= 11 is 4.76. The minimum Gasteiger partial charge on any atom is -0.465 e. The molecule has 1 atom stereocenters. The Morgan fingerprint density at radius 2 is 1.92 bits per heavy atom. The summed E-state index contributed by atoms with van der Waals surface area (Å²) in [5, 5.41) is 0.173. The summed E-state index contributed by atoms with van der Waals surface area (Å²) in [4.78, 5) is 0. The highest BCUT2D eigenvalue weighted by Crippen LogP contribution is 2.24. The van der Waals surface area contributed by atoms with Crippen LogP contribution in [0.25, 0.3) is 0 Å².